The van der Waals surface area contributed by atoms with Crippen LogP contribution in [0.2, 0.25) is 0 Å². The molecule has 0 aliphatic carbocycles. The van der Waals surface area contributed by atoms with Gasteiger partial charge in [0.1, 0.15) is 0 Å². The number of aryl methyl sites for hydroxylation is 1. The number of rotatable bonds is 6. The quantitative estimate of drug-likeness (QED) is 0.880. The molecule has 0 radical (unpaired) electrons. The van der Waals surface area contributed by atoms with Crippen molar-refractivity contribution in [1.82, 2.24) is 4.90 Å². The number of para-hydroxylation sites is 1. The predicted octanol–water partition coefficient (Wildman–Crippen LogP) is 3.46. The third-order valence-corrected chi connectivity index (χ3v) is 3.44. The summed E-state index contributed by atoms with van der Waals surface area (Å²) in [6.45, 7) is 3.60. The van der Waals surface area contributed by atoms with E-state index in [0.29, 0.717) is 6.42 Å². The molecule has 110 valence electrons. The number of carbonyl (C=O) groups is 1. The highest BCUT2D eigenvalue weighted by molar-refractivity contribution is 5.91. The molecule has 0 atom stereocenters. The van der Waals surface area contributed by atoms with Gasteiger partial charge < -0.3 is 10.2 Å². The number of benzene rings is 2. The van der Waals surface area contributed by atoms with Crippen LogP contribution in [0.25, 0.3) is 0 Å². The van der Waals surface area contributed by atoms with E-state index in [1.54, 1.807) is 0 Å². The summed E-state index contributed by atoms with van der Waals surface area (Å²) < 4.78 is 0. The molecule has 0 aromatic heterocycles. The normalized spacial score (nSPS) is 10.6. The summed E-state index contributed by atoms with van der Waals surface area (Å²) in [5, 5.41) is 2.96. The van der Waals surface area contributed by atoms with Gasteiger partial charge in [-0.3, -0.25) is 4.79 Å². The fourth-order valence-electron chi connectivity index (χ4n) is 2.19. The summed E-state index contributed by atoms with van der Waals surface area (Å²) in [4.78, 5) is 14.1. The van der Waals surface area contributed by atoms with E-state index >= 15 is 0 Å². The summed E-state index contributed by atoms with van der Waals surface area (Å²) >= 11 is 0. The van der Waals surface area contributed by atoms with Gasteiger partial charge in [-0.2, -0.15) is 0 Å². The third kappa shape index (κ3) is 5.04. The monoisotopic (exact) mass is 282 g/mol. The Hall–Kier alpha value is -2.13. The van der Waals surface area contributed by atoms with E-state index in [9.17, 15) is 4.79 Å². The molecule has 21 heavy (non-hydrogen) atoms. The van der Waals surface area contributed by atoms with Crippen LogP contribution in [0.15, 0.2) is 54.6 Å². The van der Waals surface area contributed by atoms with Crippen molar-refractivity contribution in [2.24, 2.45) is 0 Å². The molecule has 2 rings (SSSR count). The molecule has 0 heterocycles. The van der Waals surface area contributed by atoms with Crippen molar-refractivity contribution in [2.45, 2.75) is 19.9 Å². The van der Waals surface area contributed by atoms with Crippen LogP contribution < -0.4 is 5.32 Å². The van der Waals surface area contributed by atoms with Crippen LogP contribution in [-0.4, -0.2) is 24.4 Å². The fraction of sp³-hybridized carbons (Fsp3) is 0.278. The first kappa shape index (κ1) is 15.3. The van der Waals surface area contributed by atoms with Gasteiger partial charge in [0, 0.05) is 25.2 Å². The SMILES string of the molecule is Cc1ccccc1NC(=O)CCN(C)Cc1ccccc1. The molecule has 1 N–H and O–H groups in total. The van der Waals surface area contributed by atoms with E-state index in [1.165, 1.54) is 5.56 Å². The van der Waals surface area contributed by atoms with Crippen LogP contribution in [0.1, 0.15) is 17.5 Å². The van der Waals surface area contributed by atoms with Gasteiger partial charge in [0.15, 0.2) is 0 Å². The zero-order valence-electron chi connectivity index (χ0n) is 12.7. The minimum atomic E-state index is 0.0595. The van der Waals surface area contributed by atoms with Crippen molar-refractivity contribution >= 4 is 11.6 Å². The maximum atomic E-state index is 12.0. The van der Waals surface area contributed by atoms with Crippen molar-refractivity contribution in [2.75, 3.05) is 18.9 Å². The summed E-state index contributed by atoms with van der Waals surface area (Å²) in [6.07, 6.45) is 0.498. The van der Waals surface area contributed by atoms with Gasteiger partial charge in [0.25, 0.3) is 0 Å². The molecule has 0 fully saturated rings. The van der Waals surface area contributed by atoms with Crippen molar-refractivity contribution in [3.63, 3.8) is 0 Å². The molecule has 3 heteroatoms. The topological polar surface area (TPSA) is 32.3 Å². The molecule has 2 aromatic carbocycles. The average molecular weight is 282 g/mol. The number of hydrogen-bond donors (Lipinski definition) is 1. The van der Waals surface area contributed by atoms with Gasteiger partial charge in [-0.05, 0) is 31.2 Å². The molecule has 0 saturated heterocycles. The van der Waals surface area contributed by atoms with Gasteiger partial charge >= 0.3 is 0 Å². The van der Waals surface area contributed by atoms with Gasteiger partial charge in [-0.1, -0.05) is 48.5 Å². The molecule has 1 amide bonds. The lowest BCUT2D eigenvalue weighted by Gasteiger charge is -2.16. The predicted molar refractivity (Wildman–Crippen MR) is 87.2 cm³/mol. The van der Waals surface area contributed by atoms with E-state index in [0.717, 1.165) is 24.3 Å². The first-order valence-electron chi connectivity index (χ1n) is 7.23. The number of hydrogen-bond acceptors (Lipinski definition) is 2. The van der Waals surface area contributed by atoms with Crippen molar-refractivity contribution in [3.05, 3.63) is 65.7 Å². The molecule has 3 nitrogen and oxygen atoms in total. The number of carbonyl (C=O) groups excluding carboxylic acids is 1. The van der Waals surface area contributed by atoms with E-state index in [2.05, 4.69) is 22.3 Å². The Kier molecular flexibility index (Phi) is 5.52. The molecule has 0 unspecified atom stereocenters. The highest BCUT2D eigenvalue weighted by Gasteiger charge is 2.06. The van der Waals surface area contributed by atoms with E-state index in [1.807, 2.05) is 56.4 Å². The van der Waals surface area contributed by atoms with Crippen LogP contribution in [0.3, 0.4) is 0 Å². The molecule has 0 aliphatic heterocycles. The van der Waals surface area contributed by atoms with Gasteiger partial charge in [-0.15, -0.1) is 0 Å². The van der Waals surface area contributed by atoms with Crippen molar-refractivity contribution < 1.29 is 4.79 Å². The van der Waals surface area contributed by atoms with Gasteiger partial charge in [0.2, 0.25) is 5.91 Å². The number of nitrogens with zero attached hydrogens (tertiary/aromatic N) is 1. The van der Waals surface area contributed by atoms with E-state index < -0.39 is 0 Å². The molecule has 0 saturated carbocycles. The second-order valence-electron chi connectivity index (χ2n) is 5.34. The Morgan fingerprint density at radius 3 is 2.43 bits per heavy atom. The number of nitrogens with one attached hydrogen (secondary N) is 1. The summed E-state index contributed by atoms with van der Waals surface area (Å²) in [5.41, 5.74) is 3.25. The average Bonchev–Trinajstić information content (AvgIpc) is 2.49. The number of anilines is 1. The first-order valence-corrected chi connectivity index (χ1v) is 7.23. The highest BCUT2D eigenvalue weighted by Crippen LogP contribution is 2.13. The minimum Gasteiger partial charge on any atom is -0.326 e. The first-order chi connectivity index (χ1) is 10.1. The molecule has 0 bridgehead atoms. The van der Waals surface area contributed by atoms with Crippen LogP contribution in [-0.2, 0) is 11.3 Å². The Labute approximate surface area is 126 Å². The zero-order chi connectivity index (χ0) is 15.1. The Morgan fingerprint density at radius 1 is 1.05 bits per heavy atom. The second kappa shape index (κ2) is 7.60. The zero-order valence-corrected chi connectivity index (χ0v) is 12.7. The lowest BCUT2D eigenvalue weighted by Crippen LogP contribution is -2.24. The molecule has 0 aliphatic rings. The van der Waals surface area contributed by atoms with Crippen molar-refractivity contribution in [1.29, 1.82) is 0 Å². The van der Waals surface area contributed by atoms with E-state index in [-0.39, 0.29) is 5.91 Å². The lowest BCUT2D eigenvalue weighted by atomic mass is 10.2. The van der Waals surface area contributed by atoms with Gasteiger partial charge in [-0.25, -0.2) is 0 Å². The molecular weight excluding hydrogens is 260 g/mol. The van der Waals surface area contributed by atoms with E-state index in [4.69, 9.17) is 0 Å². The van der Waals surface area contributed by atoms with Crippen molar-refractivity contribution in [3.8, 4) is 0 Å². The largest absolute Gasteiger partial charge is 0.326 e. The Morgan fingerprint density at radius 2 is 1.71 bits per heavy atom. The van der Waals surface area contributed by atoms with Crippen LogP contribution in [0, 0.1) is 6.92 Å². The minimum absolute atomic E-state index is 0.0595. The highest BCUT2D eigenvalue weighted by atomic mass is 16.1. The summed E-state index contributed by atoms with van der Waals surface area (Å²) in [5.74, 6) is 0.0595. The number of amides is 1. The second-order valence-corrected chi connectivity index (χ2v) is 5.34. The van der Waals surface area contributed by atoms with Crippen LogP contribution in [0.5, 0.6) is 0 Å². The fourth-order valence-corrected chi connectivity index (χ4v) is 2.19. The summed E-state index contributed by atoms with van der Waals surface area (Å²) in [7, 11) is 2.04. The van der Waals surface area contributed by atoms with Gasteiger partial charge in [0.05, 0.1) is 0 Å². The maximum Gasteiger partial charge on any atom is 0.225 e. The smallest absolute Gasteiger partial charge is 0.225 e. The third-order valence-electron chi connectivity index (χ3n) is 3.44. The van der Waals surface area contributed by atoms with Crippen LogP contribution in [0.4, 0.5) is 5.69 Å². The molecule has 0 spiro atoms. The summed E-state index contributed by atoms with van der Waals surface area (Å²) in [6, 6.07) is 18.1. The maximum absolute atomic E-state index is 12.0. The Bertz CT molecular complexity index is 581. The standard InChI is InChI=1S/C18H22N2O/c1-15-8-6-7-11-17(15)19-18(21)12-13-20(2)14-16-9-4-3-5-10-16/h3-11H,12-14H2,1-2H3,(H,19,21). The Balaban J connectivity index is 1.77. The van der Waals surface area contributed by atoms with Crippen LogP contribution >= 0.6 is 0 Å². The lowest BCUT2D eigenvalue weighted by molar-refractivity contribution is -0.116. The molecule has 2 aromatic rings. The molecular formula is C18H22N2O.